The summed E-state index contributed by atoms with van der Waals surface area (Å²) in [6, 6.07) is 14.6. The Morgan fingerprint density at radius 2 is 1.59 bits per heavy atom. The molecular formula is C21H20Cl2N2O2. The first-order chi connectivity index (χ1) is 13.1. The van der Waals surface area contributed by atoms with Crippen molar-refractivity contribution >= 4 is 34.2 Å². The van der Waals surface area contributed by atoms with E-state index in [1.807, 2.05) is 30.3 Å². The van der Waals surface area contributed by atoms with Gasteiger partial charge >= 0.3 is 0 Å². The predicted octanol–water partition coefficient (Wildman–Crippen LogP) is 4.42. The number of hydrogen-bond donors (Lipinski definition) is 0. The highest BCUT2D eigenvalue weighted by Gasteiger charge is 2.19. The fraction of sp³-hybridized carbons (Fsp3) is 0.286. The molecule has 2 heterocycles. The molecule has 1 aromatic heterocycles. The summed E-state index contributed by atoms with van der Waals surface area (Å²) in [5, 5.41) is 2.00. The molecule has 0 atom stereocenters. The van der Waals surface area contributed by atoms with Gasteiger partial charge in [-0.2, -0.15) is 0 Å². The third kappa shape index (κ3) is 4.36. The van der Waals surface area contributed by atoms with Crippen molar-refractivity contribution in [3.05, 3.63) is 80.1 Å². The first kappa shape index (κ1) is 18.5. The maximum atomic E-state index is 12.2. The Hall–Kier alpha value is -1.85. The highest BCUT2D eigenvalue weighted by molar-refractivity contribution is 6.35. The topological polar surface area (TPSA) is 36.7 Å². The van der Waals surface area contributed by atoms with Gasteiger partial charge in [-0.05, 0) is 29.8 Å². The Morgan fingerprint density at radius 3 is 2.33 bits per heavy atom. The lowest BCUT2D eigenvalue weighted by atomic mass is 10.2. The molecule has 0 aliphatic carbocycles. The van der Waals surface area contributed by atoms with Crippen molar-refractivity contribution in [1.29, 1.82) is 0 Å². The van der Waals surface area contributed by atoms with E-state index in [-0.39, 0.29) is 5.43 Å². The standard InChI is InChI=1S/C21H20Cl2N2O2/c22-16-6-5-15(19(23)11-16)13-24-7-9-25(10-8-24)14-17-12-20(26)18-3-1-2-4-21(18)27-17/h1-6,11-12H,7-10,13-14H2. The smallest absolute Gasteiger partial charge is 0.192 e. The van der Waals surface area contributed by atoms with E-state index in [2.05, 4.69) is 9.80 Å². The number of benzene rings is 2. The minimum atomic E-state index is 0.0165. The fourth-order valence-electron chi connectivity index (χ4n) is 3.45. The fourth-order valence-corrected chi connectivity index (χ4v) is 3.92. The zero-order valence-electron chi connectivity index (χ0n) is 14.8. The summed E-state index contributed by atoms with van der Waals surface area (Å²) in [4.78, 5) is 16.9. The third-order valence-electron chi connectivity index (χ3n) is 4.94. The highest BCUT2D eigenvalue weighted by Crippen LogP contribution is 2.23. The zero-order chi connectivity index (χ0) is 18.8. The summed E-state index contributed by atoms with van der Waals surface area (Å²) in [7, 11) is 0. The van der Waals surface area contributed by atoms with Gasteiger partial charge in [0.1, 0.15) is 11.3 Å². The van der Waals surface area contributed by atoms with Crippen LogP contribution in [0.15, 0.2) is 57.7 Å². The first-order valence-corrected chi connectivity index (χ1v) is 9.74. The third-order valence-corrected chi connectivity index (χ3v) is 5.53. The Morgan fingerprint density at radius 1 is 0.889 bits per heavy atom. The van der Waals surface area contributed by atoms with Crippen molar-refractivity contribution in [2.45, 2.75) is 13.1 Å². The molecule has 1 aliphatic rings. The largest absolute Gasteiger partial charge is 0.459 e. The SMILES string of the molecule is O=c1cc(CN2CCN(Cc3ccc(Cl)cc3Cl)CC2)oc2ccccc12. The van der Waals surface area contributed by atoms with E-state index in [9.17, 15) is 4.79 Å². The Balaban J connectivity index is 1.37. The van der Waals surface area contributed by atoms with Crippen LogP contribution in [0.1, 0.15) is 11.3 Å². The molecule has 0 bridgehead atoms. The van der Waals surface area contributed by atoms with Gasteiger partial charge in [0, 0.05) is 48.8 Å². The summed E-state index contributed by atoms with van der Waals surface area (Å²) in [5.41, 5.74) is 1.76. The van der Waals surface area contributed by atoms with Crippen LogP contribution >= 0.6 is 23.2 Å². The van der Waals surface area contributed by atoms with Gasteiger partial charge in [0.15, 0.2) is 5.43 Å². The van der Waals surface area contributed by atoms with Crippen LogP contribution in [0, 0.1) is 0 Å². The summed E-state index contributed by atoms with van der Waals surface area (Å²) < 4.78 is 5.91. The molecule has 4 rings (SSSR count). The quantitative estimate of drug-likeness (QED) is 0.647. The average Bonchev–Trinajstić information content (AvgIpc) is 2.66. The predicted molar refractivity (Wildman–Crippen MR) is 110 cm³/mol. The number of rotatable bonds is 4. The summed E-state index contributed by atoms with van der Waals surface area (Å²) in [6.45, 7) is 5.18. The van der Waals surface area contributed by atoms with Gasteiger partial charge < -0.3 is 4.42 Å². The van der Waals surface area contributed by atoms with E-state index in [0.29, 0.717) is 33.3 Å². The minimum absolute atomic E-state index is 0.0165. The van der Waals surface area contributed by atoms with E-state index >= 15 is 0 Å². The molecule has 1 saturated heterocycles. The van der Waals surface area contributed by atoms with Crippen molar-refractivity contribution in [1.82, 2.24) is 9.80 Å². The van der Waals surface area contributed by atoms with Crippen LogP contribution in [0.2, 0.25) is 10.0 Å². The van der Waals surface area contributed by atoms with E-state index in [1.54, 1.807) is 18.2 Å². The molecule has 0 saturated carbocycles. The Kier molecular flexibility index (Phi) is 5.50. The molecule has 3 aromatic rings. The normalized spacial score (nSPS) is 16.1. The highest BCUT2D eigenvalue weighted by atomic mass is 35.5. The number of piperazine rings is 1. The minimum Gasteiger partial charge on any atom is -0.459 e. The van der Waals surface area contributed by atoms with Crippen LogP contribution in [-0.2, 0) is 13.1 Å². The number of nitrogens with zero attached hydrogens (tertiary/aromatic N) is 2. The molecule has 140 valence electrons. The van der Waals surface area contributed by atoms with Crippen molar-refractivity contribution in [3.63, 3.8) is 0 Å². The second-order valence-electron chi connectivity index (χ2n) is 6.86. The molecule has 0 unspecified atom stereocenters. The molecule has 0 radical (unpaired) electrons. The van der Waals surface area contributed by atoms with Gasteiger partial charge in [-0.3, -0.25) is 14.6 Å². The molecule has 0 amide bonds. The lowest BCUT2D eigenvalue weighted by molar-refractivity contribution is 0.116. The van der Waals surface area contributed by atoms with Crippen LogP contribution in [0.25, 0.3) is 11.0 Å². The van der Waals surface area contributed by atoms with E-state index in [0.717, 1.165) is 38.3 Å². The molecule has 0 spiro atoms. The van der Waals surface area contributed by atoms with Crippen LogP contribution in [0.3, 0.4) is 0 Å². The maximum Gasteiger partial charge on any atom is 0.192 e. The summed E-state index contributed by atoms with van der Waals surface area (Å²) in [6.07, 6.45) is 0. The van der Waals surface area contributed by atoms with Crippen LogP contribution < -0.4 is 5.43 Å². The first-order valence-electron chi connectivity index (χ1n) is 8.99. The molecule has 4 nitrogen and oxygen atoms in total. The van der Waals surface area contributed by atoms with Crippen LogP contribution in [-0.4, -0.2) is 36.0 Å². The van der Waals surface area contributed by atoms with Gasteiger partial charge in [-0.25, -0.2) is 0 Å². The number of halogens is 2. The Labute approximate surface area is 167 Å². The van der Waals surface area contributed by atoms with Crippen molar-refractivity contribution < 1.29 is 4.42 Å². The summed E-state index contributed by atoms with van der Waals surface area (Å²) in [5.74, 6) is 0.716. The average molecular weight is 403 g/mol. The van der Waals surface area contributed by atoms with Gasteiger partial charge in [0.25, 0.3) is 0 Å². The van der Waals surface area contributed by atoms with Crippen LogP contribution in [0.5, 0.6) is 0 Å². The molecular weight excluding hydrogens is 383 g/mol. The zero-order valence-corrected chi connectivity index (χ0v) is 16.3. The number of fused-ring (bicyclic) bond motifs is 1. The lowest BCUT2D eigenvalue weighted by Crippen LogP contribution is -2.45. The number of para-hydroxylation sites is 1. The molecule has 6 heteroatoms. The van der Waals surface area contributed by atoms with E-state index in [1.165, 1.54) is 0 Å². The van der Waals surface area contributed by atoms with E-state index < -0.39 is 0 Å². The van der Waals surface area contributed by atoms with Gasteiger partial charge in [0.2, 0.25) is 0 Å². The maximum absolute atomic E-state index is 12.2. The van der Waals surface area contributed by atoms with Gasteiger partial charge in [0.05, 0.1) is 11.9 Å². The molecule has 27 heavy (non-hydrogen) atoms. The Bertz CT molecular complexity index is 1010. The number of hydrogen-bond acceptors (Lipinski definition) is 4. The summed E-state index contributed by atoms with van der Waals surface area (Å²) >= 11 is 12.3. The molecule has 1 fully saturated rings. The molecule has 0 N–H and O–H groups in total. The van der Waals surface area contributed by atoms with Gasteiger partial charge in [-0.15, -0.1) is 0 Å². The van der Waals surface area contributed by atoms with Crippen LogP contribution in [0.4, 0.5) is 0 Å². The van der Waals surface area contributed by atoms with E-state index in [4.69, 9.17) is 27.6 Å². The lowest BCUT2D eigenvalue weighted by Gasteiger charge is -2.34. The van der Waals surface area contributed by atoms with Gasteiger partial charge in [-0.1, -0.05) is 41.4 Å². The molecule has 1 aliphatic heterocycles. The van der Waals surface area contributed by atoms with Crippen molar-refractivity contribution in [2.24, 2.45) is 0 Å². The second-order valence-corrected chi connectivity index (χ2v) is 7.70. The van der Waals surface area contributed by atoms with Crippen molar-refractivity contribution in [2.75, 3.05) is 26.2 Å². The second kappa shape index (κ2) is 8.03. The monoisotopic (exact) mass is 402 g/mol. The van der Waals surface area contributed by atoms with Crippen molar-refractivity contribution in [3.8, 4) is 0 Å². The molecule has 2 aromatic carbocycles.